The molecule has 0 unspecified atom stereocenters. The summed E-state index contributed by atoms with van der Waals surface area (Å²) in [6.07, 6.45) is 2.06. The van der Waals surface area contributed by atoms with E-state index in [9.17, 15) is 13.2 Å². The first-order valence-electron chi connectivity index (χ1n) is 8.45. The predicted molar refractivity (Wildman–Crippen MR) is 106 cm³/mol. The molecule has 1 aromatic rings. The predicted octanol–water partition coefficient (Wildman–Crippen LogP) is 3.89. The van der Waals surface area contributed by atoms with Crippen LogP contribution >= 0.6 is 24.0 Å². The summed E-state index contributed by atoms with van der Waals surface area (Å²) in [7, 11) is 1.71. The number of halogens is 4. The van der Waals surface area contributed by atoms with Crippen LogP contribution in [0.5, 0.6) is 5.88 Å². The Bertz CT molecular complexity index is 569. The van der Waals surface area contributed by atoms with E-state index in [1.807, 2.05) is 0 Å². The minimum Gasteiger partial charge on any atom is -0.468 e. The van der Waals surface area contributed by atoms with Crippen molar-refractivity contribution in [1.29, 1.82) is 0 Å². The van der Waals surface area contributed by atoms with Gasteiger partial charge >= 0.3 is 6.18 Å². The molecule has 0 spiro atoms. The monoisotopic (exact) mass is 486 g/mol. The van der Waals surface area contributed by atoms with Crippen LogP contribution in [0.1, 0.15) is 38.2 Å². The Balaban J connectivity index is 0.00000338. The first-order chi connectivity index (χ1) is 11.9. The highest BCUT2D eigenvalue weighted by Crippen LogP contribution is 2.42. The van der Waals surface area contributed by atoms with E-state index in [1.165, 1.54) is 31.5 Å². The molecule has 2 rings (SSSR count). The molecule has 1 aliphatic carbocycles. The molecule has 0 aliphatic heterocycles. The fourth-order valence-electron chi connectivity index (χ4n) is 2.77. The minimum absolute atomic E-state index is 0. The summed E-state index contributed by atoms with van der Waals surface area (Å²) >= 11 is 0. The molecule has 0 aromatic carbocycles. The molecule has 2 N–H and O–H groups in total. The summed E-state index contributed by atoms with van der Waals surface area (Å²) in [6, 6.07) is 3.11. The summed E-state index contributed by atoms with van der Waals surface area (Å²) in [5, 5.41) is 6.53. The number of aromatic nitrogens is 1. The number of aliphatic imine (C=N–C) groups is 1. The van der Waals surface area contributed by atoms with E-state index in [0.717, 1.165) is 18.5 Å². The van der Waals surface area contributed by atoms with E-state index >= 15 is 0 Å². The Kier molecular flexibility index (Phi) is 8.91. The second kappa shape index (κ2) is 10.2. The summed E-state index contributed by atoms with van der Waals surface area (Å²) in [5.74, 6) is 0.663. The Morgan fingerprint density at radius 3 is 2.50 bits per heavy atom. The van der Waals surface area contributed by atoms with Crippen LogP contribution in [0, 0.1) is 5.41 Å². The zero-order valence-electron chi connectivity index (χ0n) is 15.0. The Morgan fingerprint density at radius 2 is 2.04 bits per heavy atom. The normalized spacial score (nSPS) is 16.3. The summed E-state index contributed by atoms with van der Waals surface area (Å²) < 4.78 is 40.9. The quantitative estimate of drug-likeness (QED) is 0.349. The van der Waals surface area contributed by atoms with E-state index < -0.39 is 12.8 Å². The van der Waals surface area contributed by atoms with Gasteiger partial charge in [-0.15, -0.1) is 24.0 Å². The van der Waals surface area contributed by atoms with Gasteiger partial charge in [-0.2, -0.15) is 13.2 Å². The van der Waals surface area contributed by atoms with Crippen LogP contribution in [-0.2, 0) is 6.54 Å². The van der Waals surface area contributed by atoms with Gasteiger partial charge in [0.1, 0.15) is 0 Å². The fourth-order valence-corrected chi connectivity index (χ4v) is 2.77. The number of hydrogen-bond donors (Lipinski definition) is 2. The maximum absolute atomic E-state index is 12.1. The van der Waals surface area contributed by atoms with Gasteiger partial charge in [0.15, 0.2) is 12.6 Å². The first-order valence-corrected chi connectivity index (χ1v) is 8.45. The molecule has 1 saturated carbocycles. The van der Waals surface area contributed by atoms with Gasteiger partial charge in [0.2, 0.25) is 5.88 Å². The molecule has 5 nitrogen and oxygen atoms in total. The van der Waals surface area contributed by atoms with Crippen molar-refractivity contribution in [2.45, 2.75) is 45.3 Å². The zero-order valence-corrected chi connectivity index (χ0v) is 17.4. The van der Waals surface area contributed by atoms with Crippen LogP contribution in [0.4, 0.5) is 13.2 Å². The Labute approximate surface area is 169 Å². The van der Waals surface area contributed by atoms with Crippen molar-refractivity contribution >= 4 is 29.9 Å². The summed E-state index contributed by atoms with van der Waals surface area (Å²) in [5.41, 5.74) is 1.22. The highest BCUT2D eigenvalue weighted by molar-refractivity contribution is 14.0. The molecule has 148 valence electrons. The van der Waals surface area contributed by atoms with Gasteiger partial charge in [-0.1, -0.05) is 19.4 Å². The van der Waals surface area contributed by atoms with Crippen LogP contribution in [0.3, 0.4) is 0 Å². The number of hydrogen-bond acceptors (Lipinski definition) is 3. The zero-order chi connectivity index (χ0) is 18.3. The van der Waals surface area contributed by atoms with E-state index in [0.29, 0.717) is 17.9 Å². The van der Waals surface area contributed by atoms with Crippen LogP contribution in [0.25, 0.3) is 0 Å². The van der Waals surface area contributed by atoms with Crippen LogP contribution < -0.4 is 15.4 Å². The van der Waals surface area contributed by atoms with Crippen molar-refractivity contribution in [3.8, 4) is 5.88 Å². The SMILES string of the molecule is CCC1(CNC(=NC)NCc2ccc(OCC(F)(F)F)nc2)CCC1.I. The number of nitrogens with one attached hydrogen (secondary N) is 2. The second-order valence-electron chi connectivity index (χ2n) is 6.39. The molecule has 0 atom stereocenters. The number of nitrogens with zero attached hydrogens (tertiary/aromatic N) is 2. The van der Waals surface area contributed by atoms with Gasteiger partial charge in [0.25, 0.3) is 0 Å². The third-order valence-corrected chi connectivity index (χ3v) is 4.66. The molecule has 0 radical (unpaired) electrons. The van der Waals surface area contributed by atoms with Crippen LogP contribution in [0.2, 0.25) is 0 Å². The van der Waals surface area contributed by atoms with Crippen molar-refractivity contribution < 1.29 is 17.9 Å². The number of rotatable bonds is 7. The Hall–Kier alpha value is -1.26. The number of pyridine rings is 1. The molecular formula is C17H26F3IN4O. The first kappa shape index (κ1) is 22.8. The van der Waals surface area contributed by atoms with E-state index in [4.69, 9.17) is 0 Å². The molecular weight excluding hydrogens is 460 g/mol. The lowest BCUT2D eigenvalue weighted by Gasteiger charge is -2.41. The Morgan fingerprint density at radius 1 is 1.31 bits per heavy atom. The number of guanidine groups is 1. The average molecular weight is 486 g/mol. The molecule has 1 aromatic heterocycles. The maximum Gasteiger partial charge on any atom is 0.422 e. The standard InChI is InChI=1S/C17H25F3N4O.HI/c1-3-16(7-4-8-16)11-24-15(21-2)23-10-13-5-6-14(22-9-13)25-12-17(18,19)20;/h5-6,9H,3-4,7-8,10-12H2,1-2H3,(H2,21,23,24);1H. The molecule has 0 bridgehead atoms. The van der Waals surface area contributed by atoms with E-state index in [-0.39, 0.29) is 29.9 Å². The molecule has 1 fully saturated rings. The largest absolute Gasteiger partial charge is 0.468 e. The van der Waals surface area contributed by atoms with Crippen molar-refractivity contribution in [3.05, 3.63) is 23.9 Å². The highest BCUT2D eigenvalue weighted by atomic mass is 127. The minimum atomic E-state index is -4.36. The highest BCUT2D eigenvalue weighted by Gasteiger charge is 2.34. The average Bonchev–Trinajstić information content (AvgIpc) is 2.55. The van der Waals surface area contributed by atoms with Crippen LogP contribution in [0.15, 0.2) is 23.3 Å². The third-order valence-electron chi connectivity index (χ3n) is 4.66. The van der Waals surface area contributed by atoms with E-state index in [1.54, 1.807) is 13.1 Å². The molecule has 26 heavy (non-hydrogen) atoms. The third kappa shape index (κ3) is 7.16. The van der Waals surface area contributed by atoms with Gasteiger partial charge < -0.3 is 15.4 Å². The summed E-state index contributed by atoms with van der Waals surface area (Å²) in [4.78, 5) is 8.08. The smallest absolute Gasteiger partial charge is 0.422 e. The molecule has 0 saturated heterocycles. The molecule has 0 amide bonds. The molecule has 1 heterocycles. The second-order valence-corrected chi connectivity index (χ2v) is 6.39. The van der Waals surface area contributed by atoms with Crippen molar-refractivity contribution in [3.63, 3.8) is 0 Å². The van der Waals surface area contributed by atoms with Crippen LogP contribution in [-0.4, -0.2) is 37.3 Å². The van der Waals surface area contributed by atoms with Crippen molar-refractivity contribution in [1.82, 2.24) is 15.6 Å². The fraction of sp³-hybridized carbons (Fsp3) is 0.647. The van der Waals surface area contributed by atoms with Gasteiger partial charge in [-0.3, -0.25) is 4.99 Å². The molecule has 1 aliphatic rings. The lowest BCUT2D eigenvalue weighted by atomic mass is 9.67. The van der Waals surface area contributed by atoms with Gasteiger partial charge in [0, 0.05) is 32.4 Å². The van der Waals surface area contributed by atoms with Gasteiger partial charge in [-0.25, -0.2) is 4.98 Å². The number of alkyl halides is 3. The van der Waals surface area contributed by atoms with Crippen molar-refractivity contribution in [2.24, 2.45) is 10.4 Å². The van der Waals surface area contributed by atoms with Gasteiger partial charge in [0.05, 0.1) is 0 Å². The van der Waals surface area contributed by atoms with Crippen molar-refractivity contribution in [2.75, 3.05) is 20.2 Å². The maximum atomic E-state index is 12.1. The van der Waals surface area contributed by atoms with Gasteiger partial charge in [-0.05, 0) is 30.2 Å². The van der Waals surface area contributed by atoms with E-state index in [2.05, 4.69) is 32.3 Å². The topological polar surface area (TPSA) is 58.5 Å². The lowest BCUT2D eigenvalue weighted by Crippen LogP contribution is -2.46. The summed E-state index contributed by atoms with van der Waals surface area (Å²) in [6.45, 7) is 2.25. The number of ether oxygens (including phenoxy) is 1. The lowest BCUT2D eigenvalue weighted by molar-refractivity contribution is -0.154. The molecule has 9 heteroatoms.